The number of nitrogens with zero attached hydrogens (tertiary/aromatic N) is 4. The molecule has 3 rings (SSSR count). The van der Waals surface area contributed by atoms with E-state index in [9.17, 15) is 4.79 Å². The molecule has 0 aliphatic heterocycles. The summed E-state index contributed by atoms with van der Waals surface area (Å²) in [6, 6.07) is 0.478. The third kappa shape index (κ3) is 2.45. The number of hydrogen-bond acceptors (Lipinski definition) is 6. The molecule has 0 aromatic carbocycles. The van der Waals surface area contributed by atoms with Crippen molar-refractivity contribution in [3.05, 3.63) is 27.2 Å². The minimum Gasteiger partial charge on any atom is -0.453 e. The second-order valence-electron chi connectivity index (χ2n) is 4.99. The lowest BCUT2D eigenvalue weighted by Gasteiger charge is -2.07. The Kier molecular flexibility index (Phi) is 3.29. The number of aromatic nitrogens is 4. The zero-order valence-electron chi connectivity index (χ0n) is 11.7. The molecule has 1 aliphatic rings. The highest BCUT2D eigenvalue weighted by Crippen LogP contribution is 2.36. The van der Waals surface area contributed by atoms with Gasteiger partial charge in [-0.05, 0) is 33.6 Å². The van der Waals surface area contributed by atoms with Crippen molar-refractivity contribution in [1.29, 1.82) is 0 Å². The average Bonchev–Trinajstić information content (AvgIpc) is 3.08. The fourth-order valence-corrected chi connectivity index (χ4v) is 3.05. The standard InChI is InChI=1S/C13H16N4O2S/c1-7-12(20-9(3)14-7)13(18)19-6-11-16-15-8(2)17(11)10-4-5-10/h10H,4-6H2,1-3H3. The zero-order chi connectivity index (χ0) is 14.3. The van der Waals surface area contributed by atoms with Crippen LogP contribution in [0.2, 0.25) is 0 Å². The van der Waals surface area contributed by atoms with Gasteiger partial charge in [-0.15, -0.1) is 21.5 Å². The number of carbonyl (C=O) groups is 1. The number of aryl methyl sites for hydroxylation is 3. The molecular formula is C13H16N4O2S. The summed E-state index contributed by atoms with van der Waals surface area (Å²) < 4.78 is 7.42. The van der Waals surface area contributed by atoms with E-state index >= 15 is 0 Å². The van der Waals surface area contributed by atoms with Gasteiger partial charge in [0.1, 0.15) is 10.7 Å². The highest BCUT2D eigenvalue weighted by molar-refractivity contribution is 7.13. The van der Waals surface area contributed by atoms with E-state index in [4.69, 9.17) is 4.74 Å². The van der Waals surface area contributed by atoms with Gasteiger partial charge in [0.05, 0.1) is 10.7 Å². The lowest BCUT2D eigenvalue weighted by atomic mass is 10.4. The predicted octanol–water partition coefficient (Wildman–Crippen LogP) is 2.35. The number of thiazole rings is 1. The summed E-state index contributed by atoms with van der Waals surface area (Å²) in [4.78, 5) is 16.8. The first-order valence-corrected chi connectivity index (χ1v) is 7.39. The molecule has 0 radical (unpaired) electrons. The Labute approximate surface area is 120 Å². The molecule has 2 aromatic rings. The molecule has 1 saturated carbocycles. The maximum atomic E-state index is 12.0. The van der Waals surface area contributed by atoms with Crippen molar-refractivity contribution >= 4 is 17.3 Å². The van der Waals surface area contributed by atoms with Crippen LogP contribution in [0.5, 0.6) is 0 Å². The van der Waals surface area contributed by atoms with Crippen molar-refractivity contribution in [2.75, 3.05) is 0 Å². The maximum absolute atomic E-state index is 12.0. The van der Waals surface area contributed by atoms with E-state index in [2.05, 4.69) is 19.7 Å². The van der Waals surface area contributed by atoms with Gasteiger partial charge < -0.3 is 9.30 Å². The van der Waals surface area contributed by atoms with Crippen molar-refractivity contribution in [3.63, 3.8) is 0 Å². The maximum Gasteiger partial charge on any atom is 0.350 e. The molecule has 0 bridgehead atoms. The number of esters is 1. The molecule has 0 unspecified atom stereocenters. The van der Waals surface area contributed by atoms with Gasteiger partial charge in [-0.3, -0.25) is 0 Å². The Morgan fingerprint density at radius 3 is 2.70 bits per heavy atom. The summed E-state index contributed by atoms with van der Waals surface area (Å²) >= 11 is 1.36. The Morgan fingerprint density at radius 1 is 1.35 bits per heavy atom. The minimum absolute atomic E-state index is 0.159. The molecule has 0 atom stereocenters. The Bertz CT molecular complexity index is 657. The van der Waals surface area contributed by atoms with E-state index < -0.39 is 0 Å². The van der Waals surface area contributed by atoms with Gasteiger partial charge in [-0.2, -0.15) is 0 Å². The number of ether oxygens (including phenoxy) is 1. The molecule has 0 spiro atoms. The van der Waals surface area contributed by atoms with Gasteiger partial charge in [0.15, 0.2) is 12.4 Å². The molecule has 2 heterocycles. The third-order valence-corrected chi connectivity index (χ3v) is 4.32. The topological polar surface area (TPSA) is 69.9 Å². The lowest BCUT2D eigenvalue weighted by molar-refractivity contribution is 0.0462. The van der Waals surface area contributed by atoms with E-state index in [-0.39, 0.29) is 12.6 Å². The van der Waals surface area contributed by atoms with Crippen LogP contribution in [0.15, 0.2) is 0 Å². The van der Waals surface area contributed by atoms with Gasteiger partial charge in [0.25, 0.3) is 0 Å². The molecular weight excluding hydrogens is 276 g/mol. The molecule has 2 aromatic heterocycles. The van der Waals surface area contributed by atoms with Crippen LogP contribution in [0.4, 0.5) is 0 Å². The number of carbonyl (C=O) groups excluding carboxylic acids is 1. The predicted molar refractivity (Wildman–Crippen MR) is 73.7 cm³/mol. The summed E-state index contributed by atoms with van der Waals surface area (Å²) in [5.41, 5.74) is 0.720. The Morgan fingerprint density at radius 2 is 2.10 bits per heavy atom. The summed E-state index contributed by atoms with van der Waals surface area (Å²) in [6.45, 7) is 5.78. The van der Waals surface area contributed by atoms with Crippen LogP contribution in [0.1, 0.15) is 50.9 Å². The Hall–Kier alpha value is -1.76. The van der Waals surface area contributed by atoms with Crippen molar-refractivity contribution in [1.82, 2.24) is 19.7 Å². The van der Waals surface area contributed by atoms with Crippen molar-refractivity contribution in [2.24, 2.45) is 0 Å². The van der Waals surface area contributed by atoms with Crippen LogP contribution in [-0.4, -0.2) is 25.7 Å². The molecule has 6 nitrogen and oxygen atoms in total. The van der Waals surface area contributed by atoms with E-state index in [1.54, 1.807) is 0 Å². The van der Waals surface area contributed by atoms with Crippen LogP contribution < -0.4 is 0 Å². The first kappa shape index (κ1) is 13.2. The fourth-order valence-electron chi connectivity index (χ4n) is 2.24. The smallest absolute Gasteiger partial charge is 0.350 e. The van der Waals surface area contributed by atoms with Crippen LogP contribution in [0.25, 0.3) is 0 Å². The normalized spacial score (nSPS) is 14.6. The lowest BCUT2D eigenvalue weighted by Crippen LogP contribution is -2.10. The largest absolute Gasteiger partial charge is 0.453 e. The minimum atomic E-state index is -0.337. The first-order valence-electron chi connectivity index (χ1n) is 6.58. The van der Waals surface area contributed by atoms with Gasteiger partial charge in [0.2, 0.25) is 0 Å². The van der Waals surface area contributed by atoms with Crippen molar-refractivity contribution in [2.45, 2.75) is 46.3 Å². The molecule has 0 amide bonds. The molecule has 0 N–H and O–H groups in total. The average molecular weight is 292 g/mol. The Balaban J connectivity index is 1.70. The molecule has 20 heavy (non-hydrogen) atoms. The molecule has 0 saturated heterocycles. The number of hydrogen-bond donors (Lipinski definition) is 0. The van der Waals surface area contributed by atoms with E-state index in [0.717, 1.165) is 35.2 Å². The SMILES string of the molecule is Cc1nc(C)c(C(=O)OCc2nnc(C)n2C2CC2)s1. The van der Waals surface area contributed by atoms with Crippen molar-refractivity contribution < 1.29 is 9.53 Å². The van der Waals surface area contributed by atoms with Crippen LogP contribution in [-0.2, 0) is 11.3 Å². The summed E-state index contributed by atoms with van der Waals surface area (Å²) in [5.74, 6) is 1.26. The third-order valence-electron chi connectivity index (χ3n) is 3.27. The number of rotatable bonds is 4. The summed E-state index contributed by atoms with van der Waals surface area (Å²) in [6.07, 6.45) is 2.29. The second kappa shape index (κ2) is 4.97. The zero-order valence-corrected chi connectivity index (χ0v) is 12.5. The van der Waals surface area contributed by atoms with Gasteiger partial charge >= 0.3 is 5.97 Å². The van der Waals surface area contributed by atoms with E-state index in [0.29, 0.717) is 10.9 Å². The van der Waals surface area contributed by atoms with E-state index in [1.165, 1.54) is 11.3 Å². The molecule has 7 heteroatoms. The van der Waals surface area contributed by atoms with Crippen molar-refractivity contribution in [3.8, 4) is 0 Å². The quantitative estimate of drug-likeness (QED) is 0.809. The highest BCUT2D eigenvalue weighted by Gasteiger charge is 2.28. The molecule has 106 valence electrons. The first-order chi connectivity index (χ1) is 9.56. The van der Waals surface area contributed by atoms with E-state index in [1.807, 2.05) is 20.8 Å². The van der Waals surface area contributed by atoms with Gasteiger partial charge in [-0.25, -0.2) is 9.78 Å². The summed E-state index contributed by atoms with van der Waals surface area (Å²) in [5, 5.41) is 9.02. The second-order valence-corrected chi connectivity index (χ2v) is 6.19. The fraction of sp³-hybridized carbons (Fsp3) is 0.538. The van der Waals surface area contributed by atoms with Crippen LogP contribution >= 0.6 is 11.3 Å². The molecule has 1 aliphatic carbocycles. The summed E-state index contributed by atoms with van der Waals surface area (Å²) in [7, 11) is 0. The van der Waals surface area contributed by atoms with Gasteiger partial charge in [0, 0.05) is 6.04 Å². The van der Waals surface area contributed by atoms with Crippen LogP contribution in [0.3, 0.4) is 0 Å². The van der Waals surface area contributed by atoms with Crippen LogP contribution in [0, 0.1) is 20.8 Å². The monoisotopic (exact) mass is 292 g/mol. The highest BCUT2D eigenvalue weighted by atomic mass is 32.1. The molecule has 1 fully saturated rings. The van der Waals surface area contributed by atoms with Gasteiger partial charge in [-0.1, -0.05) is 0 Å².